The second-order valence-corrected chi connectivity index (χ2v) is 13.6. The Morgan fingerprint density at radius 2 is 1.54 bits per heavy atom. The van der Waals surface area contributed by atoms with Gasteiger partial charge in [-0.3, -0.25) is 0 Å². The molecule has 4 nitrogen and oxygen atoms in total. The van der Waals surface area contributed by atoms with E-state index in [1.807, 2.05) is 42.5 Å². The number of hydrogen-bond donors (Lipinski definition) is 0. The molecule has 1 unspecified atom stereocenters. The number of fused-ring (bicyclic) bond motifs is 5. The second-order valence-electron chi connectivity index (χ2n) is 12.0. The van der Waals surface area contributed by atoms with Gasteiger partial charge < -0.3 is 9.14 Å². The van der Waals surface area contributed by atoms with Crippen molar-refractivity contribution in [1.29, 1.82) is 0 Å². The smallest absolute Gasteiger partial charge is 0.142 e. The third-order valence-electron chi connectivity index (χ3n) is 7.49. The summed E-state index contributed by atoms with van der Waals surface area (Å²) in [6.45, 7) is 13.2. The predicted molar refractivity (Wildman–Crippen MR) is 144 cm³/mol. The lowest BCUT2D eigenvalue weighted by Gasteiger charge is -2.33. The van der Waals surface area contributed by atoms with Crippen LogP contribution in [0, 0.1) is 11.3 Å². The van der Waals surface area contributed by atoms with Gasteiger partial charge in [-0.25, -0.2) is 8.42 Å². The SMILES string of the molecule is CC(C)(C)c1ccc(S(=O)(=O)[N-]c2cc3c4c(oc3c3ccccc23)CCC(C(C)(C)C)C4)cc1. The van der Waals surface area contributed by atoms with E-state index >= 15 is 0 Å². The van der Waals surface area contributed by atoms with Crippen molar-refractivity contribution in [3.63, 3.8) is 0 Å². The summed E-state index contributed by atoms with van der Waals surface area (Å²) in [4.78, 5) is 0.205. The van der Waals surface area contributed by atoms with Gasteiger partial charge in [0.2, 0.25) is 0 Å². The number of rotatable bonds is 3. The highest BCUT2D eigenvalue weighted by Gasteiger charge is 2.32. The number of sulfonamides is 1. The molecular formula is C30H34NO3S-. The normalized spacial score (nSPS) is 17.0. The van der Waals surface area contributed by atoms with E-state index in [1.54, 1.807) is 12.1 Å². The Bertz CT molecular complexity index is 1510. The van der Waals surface area contributed by atoms with Gasteiger partial charge in [-0.15, -0.1) is 5.69 Å². The van der Waals surface area contributed by atoms with Crippen LogP contribution >= 0.6 is 0 Å². The molecule has 0 aliphatic heterocycles. The van der Waals surface area contributed by atoms with Crippen molar-refractivity contribution in [3.8, 4) is 0 Å². The van der Waals surface area contributed by atoms with Crippen LogP contribution in [0.5, 0.6) is 0 Å². The molecule has 1 atom stereocenters. The van der Waals surface area contributed by atoms with Gasteiger partial charge in [-0.1, -0.05) is 84.0 Å². The van der Waals surface area contributed by atoms with E-state index in [1.165, 1.54) is 5.56 Å². The highest BCUT2D eigenvalue weighted by atomic mass is 32.2. The number of aryl methyl sites for hydroxylation is 1. The molecule has 0 saturated heterocycles. The van der Waals surface area contributed by atoms with Crippen LogP contribution < -0.4 is 0 Å². The third kappa shape index (κ3) is 4.35. The molecule has 4 aromatic rings. The lowest BCUT2D eigenvalue weighted by molar-refractivity contribution is 0.210. The van der Waals surface area contributed by atoms with Gasteiger partial charge in [0.05, 0.1) is 4.90 Å². The van der Waals surface area contributed by atoms with E-state index in [0.29, 0.717) is 11.6 Å². The molecule has 184 valence electrons. The number of furan rings is 1. The summed E-state index contributed by atoms with van der Waals surface area (Å²) >= 11 is 0. The van der Waals surface area contributed by atoms with Crippen LogP contribution in [0.1, 0.15) is 64.9 Å². The number of benzene rings is 3. The molecule has 35 heavy (non-hydrogen) atoms. The highest BCUT2D eigenvalue weighted by molar-refractivity contribution is 7.94. The maximum atomic E-state index is 13.4. The molecule has 1 aliphatic rings. The van der Waals surface area contributed by atoms with Crippen LogP contribution in [0.2, 0.25) is 0 Å². The summed E-state index contributed by atoms with van der Waals surface area (Å²) in [6.07, 6.45) is 2.94. The zero-order valence-electron chi connectivity index (χ0n) is 21.5. The molecule has 0 N–H and O–H groups in total. The van der Waals surface area contributed by atoms with Gasteiger partial charge in [0.25, 0.3) is 0 Å². The Morgan fingerprint density at radius 1 is 0.886 bits per heavy atom. The van der Waals surface area contributed by atoms with Crippen molar-refractivity contribution in [2.24, 2.45) is 11.3 Å². The first-order chi connectivity index (χ1) is 16.3. The van der Waals surface area contributed by atoms with Crippen LogP contribution in [0.3, 0.4) is 0 Å². The lowest BCUT2D eigenvalue weighted by Crippen LogP contribution is -2.26. The molecule has 5 rings (SSSR count). The Balaban J connectivity index is 1.61. The minimum absolute atomic E-state index is 0.0496. The van der Waals surface area contributed by atoms with E-state index in [9.17, 15) is 8.42 Å². The van der Waals surface area contributed by atoms with Gasteiger partial charge in [0.1, 0.15) is 21.4 Å². The molecule has 5 heteroatoms. The first kappa shape index (κ1) is 23.9. The molecule has 0 radical (unpaired) electrons. The van der Waals surface area contributed by atoms with E-state index in [-0.39, 0.29) is 15.7 Å². The Labute approximate surface area is 208 Å². The molecule has 1 aliphatic carbocycles. The average Bonchev–Trinajstić information content (AvgIpc) is 3.16. The monoisotopic (exact) mass is 488 g/mol. The van der Waals surface area contributed by atoms with Crippen molar-refractivity contribution in [1.82, 2.24) is 0 Å². The Morgan fingerprint density at radius 3 is 2.17 bits per heavy atom. The first-order valence-electron chi connectivity index (χ1n) is 12.4. The van der Waals surface area contributed by atoms with E-state index in [0.717, 1.165) is 52.3 Å². The van der Waals surface area contributed by atoms with E-state index in [4.69, 9.17) is 4.42 Å². The predicted octanol–water partition coefficient (Wildman–Crippen LogP) is 8.43. The fourth-order valence-electron chi connectivity index (χ4n) is 5.20. The van der Waals surface area contributed by atoms with Crippen molar-refractivity contribution in [3.05, 3.63) is 76.2 Å². The Kier molecular flexibility index (Phi) is 5.55. The fraction of sp³-hybridized carbons (Fsp3) is 0.400. The zero-order valence-corrected chi connectivity index (χ0v) is 22.3. The summed E-state index contributed by atoms with van der Waals surface area (Å²) in [7, 11) is -3.88. The zero-order chi connectivity index (χ0) is 25.2. The highest BCUT2D eigenvalue weighted by Crippen LogP contribution is 2.46. The van der Waals surface area contributed by atoms with Gasteiger partial charge in [-0.2, -0.15) is 0 Å². The molecule has 1 heterocycles. The molecule has 0 amide bonds. The molecule has 0 saturated carbocycles. The summed E-state index contributed by atoms with van der Waals surface area (Å²) in [5, 5.41) is 2.68. The number of nitrogens with zero attached hydrogens (tertiary/aromatic N) is 1. The summed E-state index contributed by atoms with van der Waals surface area (Å²) in [6, 6.07) is 16.8. The minimum atomic E-state index is -3.88. The maximum Gasteiger partial charge on any atom is 0.142 e. The molecule has 1 aromatic heterocycles. The summed E-state index contributed by atoms with van der Waals surface area (Å²) < 4.78 is 37.5. The van der Waals surface area contributed by atoms with Gasteiger partial charge in [-0.05, 0) is 52.7 Å². The van der Waals surface area contributed by atoms with Gasteiger partial charge in [0.15, 0.2) is 0 Å². The largest absolute Gasteiger partial charge is 0.572 e. The quantitative estimate of drug-likeness (QED) is 0.291. The average molecular weight is 489 g/mol. The van der Waals surface area contributed by atoms with Crippen LogP contribution in [0.25, 0.3) is 26.5 Å². The molecule has 0 fully saturated rings. The van der Waals surface area contributed by atoms with Gasteiger partial charge in [0, 0.05) is 22.8 Å². The lowest BCUT2D eigenvalue weighted by atomic mass is 9.71. The Hall–Kier alpha value is -2.79. The van der Waals surface area contributed by atoms with Crippen molar-refractivity contribution >= 4 is 37.5 Å². The van der Waals surface area contributed by atoms with Crippen molar-refractivity contribution in [2.45, 2.75) is 71.1 Å². The molecule has 0 spiro atoms. The molecule has 0 bridgehead atoms. The third-order valence-corrected chi connectivity index (χ3v) is 8.80. The van der Waals surface area contributed by atoms with Crippen molar-refractivity contribution in [2.75, 3.05) is 0 Å². The molecule has 3 aromatic carbocycles. The summed E-state index contributed by atoms with van der Waals surface area (Å²) in [5.41, 5.74) is 3.75. The second kappa shape index (κ2) is 8.12. The fourth-order valence-corrected chi connectivity index (χ4v) is 6.20. The molecular weight excluding hydrogens is 454 g/mol. The minimum Gasteiger partial charge on any atom is -0.572 e. The first-order valence-corrected chi connectivity index (χ1v) is 13.8. The standard InChI is InChI=1S/C30H34NO3S/c1-29(2,3)19-11-14-21(15-12-19)35(32,33)31-26-18-25-24-17-20(30(4,5)6)13-16-27(24)34-28(25)23-10-8-7-9-22(23)26/h7-12,14-15,18,20H,13,16-17H2,1-6H3/q-1. The van der Waals surface area contributed by atoms with Crippen LogP contribution in [-0.4, -0.2) is 8.42 Å². The van der Waals surface area contributed by atoms with E-state index in [2.05, 4.69) is 46.3 Å². The van der Waals surface area contributed by atoms with Crippen LogP contribution in [0.15, 0.2) is 63.9 Å². The number of hydrogen-bond acceptors (Lipinski definition) is 3. The van der Waals surface area contributed by atoms with Crippen LogP contribution in [0.4, 0.5) is 5.69 Å². The van der Waals surface area contributed by atoms with Crippen molar-refractivity contribution < 1.29 is 12.8 Å². The maximum absolute atomic E-state index is 13.4. The van der Waals surface area contributed by atoms with Crippen LogP contribution in [-0.2, 0) is 28.3 Å². The topological polar surface area (TPSA) is 61.4 Å². The van der Waals surface area contributed by atoms with E-state index < -0.39 is 10.0 Å². The summed E-state index contributed by atoms with van der Waals surface area (Å²) in [5.74, 6) is 1.58. The van der Waals surface area contributed by atoms with Gasteiger partial charge >= 0.3 is 0 Å².